The van der Waals surface area contributed by atoms with E-state index in [4.69, 9.17) is 0 Å². The van der Waals surface area contributed by atoms with Crippen molar-refractivity contribution in [1.82, 2.24) is 19.7 Å². The maximum Gasteiger partial charge on any atom is 0.281 e. The van der Waals surface area contributed by atoms with E-state index in [1.54, 1.807) is 19.1 Å². The normalized spacial score (nSPS) is 13.9. The topological polar surface area (TPSA) is 80.1 Å². The maximum absolute atomic E-state index is 14.2. The van der Waals surface area contributed by atoms with Crippen LogP contribution in [-0.4, -0.2) is 38.7 Å². The molecule has 2 aromatic heterocycles. The third-order valence-electron chi connectivity index (χ3n) is 4.88. The van der Waals surface area contributed by atoms with Crippen LogP contribution in [0, 0.1) is 12.7 Å². The van der Waals surface area contributed by atoms with E-state index in [0.29, 0.717) is 10.8 Å². The highest BCUT2D eigenvalue weighted by Gasteiger charge is 2.22. The number of halogens is 1. The SMILES string of the molecule is CCN1CCc2nc(NC(=O)c3nn(-c4ccccc4F)c(C)cc3=O)sc2C1. The summed E-state index contributed by atoms with van der Waals surface area (Å²) in [6.45, 7) is 6.45. The van der Waals surface area contributed by atoms with Crippen molar-refractivity contribution in [2.24, 2.45) is 0 Å². The summed E-state index contributed by atoms with van der Waals surface area (Å²) in [7, 11) is 0. The highest BCUT2D eigenvalue weighted by molar-refractivity contribution is 7.15. The maximum atomic E-state index is 14.2. The van der Waals surface area contributed by atoms with Crippen molar-refractivity contribution in [3.63, 3.8) is 0 Å². The van der Waals surface area contributed by atoms with E-state index in [9.17, 15) is 14.0 Å². The van der Waals surface area contributed by atoms with E-state index >= 15 is 0 Å². The number of nitrogens with one attached hydrogen (secondary N) is 1. The summed E-state index contributed by atoms with van der Waals surface area (Å²) in [6, 6.07) is 7.34. The van der Waals surface area contributed by atoms with Gasteiger partial charge in [-0.2, -0.15) is 5.10 Å². The molecule has 4 rings (SSSR count). The van der Waals surface area contributed by atoms with Crippen molar-refractivity contribution in [2.75, 3.05) is 18.4 Å². The van der Waals surface area contributed by atoms with Crippen LogP contribution in [0.1, 0.15) is 33.7 Å². The lowest BCUT2D eigenvalue weighted by atomic mass is 10.2. The van der Waals surface area contributed by atoms with Gasteiger partial charge in [-0.1, -0.05) is 19.1 Å². The van der Waals surface area contributed by atoms with E-state index in [0.717, 1.165) is 36.6 Å². The van der Waals surface area contributed by atoms with Crippen molar-refractivity contribution in [1.29, 1.82) is 0 Å². The number of aromatic nitrogens is 3. The van der Waals surface area contributed by atoms with Gasteiger partial charge in [0.1, 0.15) is 11.5 Å². The van der Waals surface area contributed by atoms with Gasteiger partial charge in [-0.05, 0) is 25.6 Å². The number of carbonyl (C=O) groups excluding carboxylic acids is 1. The van der Waals surface area contributed by atoms with Gasteiger partial charge in [-0.3, -0.25) is 19.8 Å². The first kappa shape index (κ1) is 19.4. The number of aryl methyl sites for hydroxylation is 1. The number of fused-ring (bicyclic) bond motifs is 1. The van der Waals surface area contributed by atoms with Gasteiger partial charge in [0, 0.05) is 36.1 Å². The van der Waals surface area contributed by atoms with E-state index in [2.05, 4.69) is 27.2 Å². The Bertz CT molecular complexity index is 1140. The molecule has 29 heavy (non-hydrogen) atoms. The van der Waals surface area contributed by atoms with Gasteiger partial charge in [-0.25, -0.2) is 14.1 Å². The molecule has 0 atom stereocenters. The zero-order chi connectivity index (χ0) is 20.5. The summed E-state index contributed by atoms with van der Waals surface area (Å²) in [5.74, 6) is -1.15. The van der Waals surface area contributed by atoms with Crippen LogP contribution in [0.25, 0.3) is 5.69 Å². The molecule has 1 aromatic carbocycles. The predicted molar refractivity (Wildman–Crippen MR) is 109 cm³/mol. The Kier molecular flexibility index (Phi) is 5.25. The van der Waals surface area contributed by atoms with Gasteiger partial charge in [-0.15, -0.1) is 11.3 Å². The first-order valence-electron chi connectivity index (χ1n) is 9.34. The fourth-order valence-corrected chi connectivity index (χ4v) is 4.35. The molecule has 150 valence electrons. The van der Waals surface area contributed by atoms with Crippen molar-refractivity contribution in [3.8, 4) is 5.69 Å². The second-order valence-electron chi connectivity index (χ2n) is 6.82. The summed E-state index contributed by atoms with van der Waals surface area (Å²) in [5, 5.41) is 7.25. The summed E-state index contributed by atoms with van der Waals surface area (Å²) in [6.07, 6.45) is 0.832. The van der Waals surface area contributed by atoms with Gasteiger partial charge in [0.05, 0.1) is 5.69 Å². The standard InChI is InChI=1S/C20H20FN5O2S/c1-3-25-9-8-14-17(11-25)29-20(22-14)23-19(28)18-16(27)10-12(2)26(24-18)15-7-5-4-6-13(15)21/h4-7,10H,3,8-9,11H2,1-2H3,(H,22,23,28). The van der Waals surface area contributed by atoms with Gasteiger partial charge < -0.3 is 0 Å². The number of para-hydroxylation sites is 1. The quantitative estimate of drug-likeness (QED) is 0.712. The highest BCUT2D eigenvalue weighted by Crippen LogP contribution is 2.28. The van der Waals surface area contributed by atoms with Crippen molar-refractivity contribution >= 4 is 22.4 Å². The molecule has 7 nitrogen and oxygen atoms in total. The molecular formula is C20H20FN5O2S. The molecule has 0 unspecified atom stereocenters. The number of thiazole rings is 1. The molecular weight excluding hydrogens is 393 g/mol. The first-order valence-corrected chi connectivity index (χ1v) is 10.2. The summed E-state index contributed by atoms with van der Waals surface area (Å²) < 4.78 is 15.4. The molecule has 1 amide bonds. The lowest BCUT2D eigenvalue weighted by Crippen LogP contribution is -2.29. The number of carbonyl (C=O) groups is 1. The number of rotatable bonds is 4. The van der Waals surface area contributed by atoms with Crippen LogP contribution in [0.15, 0.2) is 35.1 Å². The average Bonchev–Trinajstić information content (AvgIpc) is 3.10. The van der Waals surface area contributed by atoms with Crippen molar-refractivity contribution < 1.29 is 9.18 Å². The number of hydrogen-bond donors (Lipinski definition) is 1. The largest absolute Gasteiger partial charge is 0.298 e. The molecule has 0 radical (unpaired) electrons. The van der Waals surface area contributed by atoms with Gasteiger partial charge in [0.2, 0.25) is 5.43 Å². The van der Waals surface area contributed by atoms with Gasteiger partial charge in [0.15, 0.2) is 10.8 Å². The minimum atomic E-state index is -0.654. The van der Waals surface area contributed by atoms with E-state index in [-0.39, 0.29) is 11.4 Å². The molecule has 0 saturated heterocycles. The highest BCUT2D eigenvalue weighted by atomic mass is 32.1. The molecule has 0 fully saturated rings. The molecule has 9 heteroatoms. The molecule has 3 aromatic rings. The smallest absolute Gasteiger partial charge is 0.281 e. The number of likely N-dealkylation sites (N-methyl/N-ethyl adjacent to an activating group) is 1. The number of hydrogen-bond acceptors (Lipinski definition) is 6. The second-order valence-corrected chi connectivity index (χ2v) is 7.91. The van der Waals surface area contributed by atoms with Crippen LogP contribution in [-0.2, 0) is 13.0 Å². The first-order chi connectivity index (χ1) is 14.0. The van der Waals surface area contributed by atoms with Crippen molar-refractivity contribution in [3.05, 3.63) is 68.3 Å². The van der Waals surface area contributed by atoms with Crippen LogP contribution in [0.4, 0.5) is 9.52 Å². The van der Waals surface area contributed by atoms with Crippen LogP contribution in [0.3, 0.4) is 0 Å². The van der Waals surface area contributed by atoms with E-state index in [1.165, 1.54) is 34.2 Å². The Morgan fingerprint density at radius 3 is 2.90 bits per heavy atom. The second kappa shape index (κ2) is 7.84. The third-order valence-corrected chi connectivity index (χ3v) is 5.88. The van der Waals surface area contributed by atoms with Gasteiger partial charge in [0.25, 0.3) is 5.91 Å². The fraction of sp³-hybridized carbons (Fsp3) is 0.300. The third kappa shape index (κ3) is 3.83. The summed E-state index contributed by atoms with van der Waals surface area (Å²) >= 11 is 1.41. The number of benzene rings is 1. The Balaban J connectivity index is 1.63. The fourth-order valence-electron chi connectivity index (χ4n) is 3.30. The zero-order valence-electron chi connectivity index (χ0n) is 16.1. The summed E-state index contributed by atoms with van der Waals surface area (Å²) in [4.78, 5) is 33.0. The molecule has 1 aliphatic heterocycles. The monoisotopic (exact) mass is 413 g/mol. The summed E-state index contributed by atoms with van der Waals surface area (Å²) in [5.41, 5.74) is 0.758. The van der Waals surface area contributed by atoms with E-state index in [1.807, 2.05) is 0 Å². The van der Waals surface area contributed by atoms with Crippen LogP contribution in [0.2, 0.25) is 0 Å². The Morgan fingerprint density at radius 1 is 1.34 bits per heavy atom. The Labute approximate surface area is 170 Å². The minimum Gasteiger partial charge on any atom is -0.298 e. The molecule has 1 aliphatic rings. The number of anilines is 1. The Hall–Kier alpha value is -2.91. The zero-order valence-corrected chi connectivity index (χ0v) is 16.9. The van der Waals surface area contributed by atoms with Crippen LogP contribution in [0.5, 0.6) is 0 Å². The van der Waals surface area contributed by atoms with Crippen LogP contribution < -0.4 is 10.7 Å². The Morgan fingerprint density at radius 2 is 2.14 bits per heavy atom. The van der Waals surface area contributed by atoms with Crippen LogP contribution >= 0.6 is 11.3 Å². The number of nitrogens with zero attached hydrogens (tertiary/aromatic N) is 4. The molecule has 3 heterocycles. The average molecular weight is 413 g/mol. The van der Waals surface area contributed by atoms with Crippen molar-refractivity contribution in [2.45, 2.75) is 26.8 Å². The molecule has 0 bridgehead atoms. The minimum absolute atomic E-state index is 0.170. The van der Waals surface area contributed by atoms with Gasteiger partial charge >= 0.3 is 0 Å². The molecule has 0 saturated carbocycles. The molecule has 0 spiro atoms. The van der Waals surface area contributed by atoms with E-state index < -0.39 is 17.2 Å². The lowest BCUT2D eigenvalue weighted by Gasteiger charge is -2.23. The molecule has 0 aliphatic carbocycles. The predicted octanol–water partition coefficient (Wildman–Crippen LogP) is 2.77. The molecule has 1 N–H and O–H groups in total. The number of amides is 1. The lowest BCUT2D eigenvalue weighted by molar-refractivity contribution is 0.101.